The fourth-order valence-electron chi connectivity index (χ4n) is 2.15. The molecular weight excluding hydrogens is 294 g/mol. The number of hydrogen-bond acceptors (Lipinski definition) is 3. The smallest absolute Gasteiger partial charge is 0.0952 e. The Morgan fingerprint density at radius 3 is 2.61 bits per heavy atom. The van der Waals surface area contributed by atoms with E-state index < -0.39 is 0 Å². The molecule has 0 amide bonds. The molecule has 4 heteroatoms. The van der Waals surface area contributed by atoms with Crippen LogP contribution in [0.1, 0.15) is 24.5 Å². The van der Waals surface area contributed by atoms with Gasteiger partial charge in [0.15, 0.2) is 0 Å². The van der Waals surface area contributed by atoms with Crippen LogP contribution in [-0.2, 0) is 9.47 Å². The zero-order valence-electron chi connectivity index (χ0n) is 10.7. The minimum atomic E-state index is 0.117. The molecule has 1 atom stereocenters. The Labute approximate surface area is 117 Å². The van der Waals surface area contributed by atoms with E-state index in [1.165, 1.54) is 5.56 Å². The number of likely N-dealkylation sites (N-methyl/N-ethyl adjacent to an activating group) is 1. The van der Waals surface area contributed by atoms with Gasteiger partial charge in [0.25, 0.3) is 0 Å². The van der Waals surface area contributed by atoms with E-state index in [-0.39, 0.29) is 6.10 Å². The SMILES string of the molecule is CNCC(OC1CCOCC1)c1ccc(Br)cc1. The molecule has 1 unspecified atom stereocenters. The number of benzene rings is 1. The zero-order valence-corrected chi connectivity index (χ0v) is 12.3. The molecular formula is C14H20BrNO2. The second-order valence-electron chi connectivity index (χ2n) is 4.55. The Hall–Kier alpha value is -0.420. The summed E-state index contributed by atoms with van der Waals surface area (Å²) < 4.78 is 12.7. The molecule has 0 radical (unpaired) electrons. The van der Waals surface area contributed by atoms with Crippen molar-refractivity contribution in [1.82, 2.24) is 5.32 Å². The van der Waals surface area contributed by atoms with Gasteiger partial charge in [-0.2, -0.15) is 0 Å². The summed E-state index contributed by atoms with van der Waals surface area (Å²) in [5.41, 5.74) is 1.22. The van der Waals surface area contributed by atoms with Crippen molar-refractivity contribution in [2.75, 3.05) is 26.8 Å². The normalized spacial score (nSPS) is 18.8. The maximum atomic E-state index is 6.20. The van der Waals surface area contributed by atoms with Crippen LogP contribution in [-0.4, -0.2) is 32.9 Å². The number of nitrogens with one attached hydrogen (secondary N) is 1. The van der Waals surface area contributed by atoms with Gasteiger partial charge in [-0.3, -0.25) is 0 Å². The molecule has 1 aromatic rings. The summed E-state index contributed by atoms with van der Waals surface area (Å²) in [5.74, 6) is 0. The number of halogens is 1. The highest BCUT2D eigenvalue weighted by Gasteiger charge is 2.20. The highest BCUT2D eigenvalue weighted by Crippen LogP contribution is 2.24. The van der Waals surface area contributed by atoms with E-state index in [4.69, 9.17) is 9.47 Å². The van der Waals surface area contributed by atoms with E-state index >= 15 is 0 Å². The molecule has 1 saturated heterocycles. The summed E-state index contributed by atoms with van der Waals surface area (Å²) in [6, 6.07) is 8.35. The first-order valence-corrected chi connectivity index (χ1v) is 7.22. The van der Waals surface area contributed by atoms with Crippen molar-refractivity contribution in [3.63, 3.8) is 0 Å². The molecule has 1 heterocycles. The first-order valence-electron chi connectivity index (χ1n) is 6.43. The predicted molar refractivity (Wildman–Crippen MR) is 75.7 cm³/mol. The average molecular weight is 314 g/mol. The van der Waals surface area contributed by atoms with E-state index in [0.717, 1.165) is 37.1 Å². The standard InChI is InChI=1S/C14H20BrNO2/c1-16-10-14(11-2-4-12(15)5-3-11)18-13-6-8-17-9-7-13/h2-5,13-14,16H,6-10H2,1H3. The van der Waals surface area contributed by atoms with Crippen LogP contribution in [0.4, 0.5) is 0 Å². The van der Waals surface area contributed by atoms with Crippen molar-refractivity contribution < 1.29 is 9.47 Å². The van der Waals surface area contributed by atoms with Crippen LogP contribution in [0.25, 0.3) is 0 Å². The van der Waals surface area contributed by atoms with Crippen molar-refractivity contribution >= 4 is 15.9 Å². The van der Waals surface area contributed by atoms with Crippen molar-refractivity contribution in [3.8, 4) is 0 Å². The van der Waals surface area contributed by atoms with Gasteiger partial charge in [-0.25, -0.2) is 0 Å². The summed E-state index contributed by atoms with van der Waals surface area (Å²) in [5, 5.41) is 3.20. The highest BCUT2D eigenvalue weighted by atomic mass is 79.9. The van der Waals surface area contributed by atoms with Crippen LogP contribution >= 0.6 is 15.9 Å². The van der Waals surface area contributed by atoms with Gasteiger partial charge in [0, 0.05) is 24.2 Å². The minimum Gasteiger partial charge on any atom is -0.381 e. The molecule has 1 N–H and O–H groups in total. The summed E-state index contributed by atoms with van der Waals surface area (Å²) >= 11 is 3.46. The average Bonchev–Trinajstić information content (AvgIpc) is 2.40. The van der Waals surface area contributed by atoms with Crippen LogP contribution in [0.2, 0.25) is 0 Å². The van der Waals surface area contributed by atoms with Crippen molar-refractivity contribution in [1.29, 1.82) is 0 Å². The molecule has 1 aliphatic rings. The summed E-state index contributed by atoms with van der Waals surface area (Å²) in [6.07, 6.45) is 2.43. The van der Waals surface area contributed by atoms with E-state index in [1.807, 2.05) is 7.05 Å². The first kappa shape index (κ1) is 14.0. The first-order chi connectivity index (χ1) is 8.79. The molecule has 1 aromatic carbocycles. The summed E-state index contributed by atoms with van der Waals surface area (Å²) in [7, 11) is 1.96. The Morgan fingerprint density at radius 2 is 2.00 bits per heavy atom. The van der Waals surface area contributed by atoms with E-state index in [2.05, 4.69) is 45.5 Å². The van der Waals surface area contributed by atoms with Gasteiger partial charge < -0.3 is 14.8 Å². The van der Waals surface area contributed by atoms with Gasteiger partial charge in [-0.15, -0.1) is 0 Å². The lowest BCUT2D eigenvalue weighted by Crippen LogP contribution is -2.29. The van der Waals surface area contributed by atoms with Gasteiger partial charge in [-0.1, -0.05) is 28.1 Å². The van der Waals surface area contributed by atoms with Gasteiger partial charge >= 0.3 is 0 Å². The van der Waals surface area contributed by atoms with Crippen molar-refractivity contribution in [2.24, 2.45) is 0 Å². The molecule has 3 nitrogen and oxygen atoms in total. The Kier molecular flexibility index (Phi) is 5.63. The van der Waals surface area contributed by atoms with E-state index in [0.29, 0.717) is 6.10 Å². The third-order valence-corrected chi connectivity index (χ3v) is 3.69. The quantitative estimate of drug-likeness (QED) is 0.906. The predicted octanol–water partition coefficient (Wildman–Crippen LogP) is 2.91. The van der Waals surface area contributed by atoms with Crippen LogP contribution in [0.5, 0.6) is 0 Å². The van der Waals surface area contributed by atoms with Gasteiger partial charge in [0.2, 0.25) is 0 Å². The molecule has 0 spiro atoms. The molecule has 1 fully saturated rings. The van der Waals surface area contributed by atoms with Gasteiger partial charge in [0.05, 0.1) is 12.2 Å². The molecule has 0 aromatic heterocycles. The molecule has 0 bridgehead atoms. The third kappa shape index (κ3) is 4.05. The fraction of sp³-hybridized carbons (Fsp3) is 0.571. The number of ether oxygens (including phenoxy) is 2. The topological polar surface area (TPSA) is 30.5 Å². The Bertz CT molecular complexity index is 349. The van der Waals surface area contributed by atoms with Crippen LogP contribution < -0.4 is 5.32 Å². The maximum absolute atomic E-state index is 6.20. The number of rotatable bonds is 5. The highest BCUT2D eigenvalue weighted by molar-refractivity contribution is 9.10. The second kappa shape index (κ2) is 7.24. The lowest BCUT2D eigenvalue weighted by molar-refractivity contribution is -0.0684. The minimum absolute atomic E-state index is 0.117. The van der Waals surface area contributed by atoms with Crippen molar-refractivity contribution in [3.05, 3.63) is 34.3 Å². The van der Waals surface area contributed by atoms with E-state index in [1.54, 1.807) is 0 Å². The van der Waals surface area contributed by atoms with Crippen LogP contribution in [0, 0.1) is 0 Å². The Morgan fingerprint density at radius 1 is 1.33 bits per heavy atom. The van der Waals surface area contributed by atoms with Gasteiger partial charge in [-0.05, 0) is 37.6 Å². The van der Waals surface area contributed by atoms with Crippen molar-refractivity contribution in [2.45, 2.75) is 25.0 Å². The van der Waals surface area contributed by atoms with Gasteiger partial charge in [0.1, 0.15) is 0 Å². The largest absolute Gasteiger partial charge is 0.381 e. The molecule has 2 rings (SSSR count). The van der Waals surface area contributed by atoms with E-state index in [9.17, 15) is 0 Å². The zero-order chi connectivity index (χ0) is 12.8. The molecule has 0 saturated carbocycles. The lowest BCUT2D eigenvalue weighted by atomic mass is 10.1. The maximum Gasteiger partial charge on any atom is 0.0952 e. The third-order valence-electron chi connectivity index (χ3n) is 3.16. The fourth-order valence-corrected chi connectivity index (χ4v) is 2.42. The molecule has 0 aliphatic carbocycles. The molecule has 100 valence electrons. The van der Waals surface area contributed by atoms with Crippen LogP contribution in [0.3, 0.4) is 0 Å². The molecule has 1 aliphatic heterocycles. The molecule has 18 heavy (non-hydrogen) atoms. The summed E-state index contributed by atoms with van der Waals surface area (Å²) in [4.78, 5) is 0. The lowest BCUT2D eigenvalue weighted by Gasteiger charge is -2.28. The number of hydrogen-bond donors (Lipinski definition) is 1. The monoisotopic (exact) mass is 313 g/mol. The second-order valence-corrected chi connectivity index (χ2v) is 5.46. The van der Waals surface area contributed by atoms with Crippen LogP contribution in [0.15, 0.2) is 28.7 Å². The Balaban J connectivity index is 2.00. The summed E-state index contributed by atoms with van der Waals surface area (Å²) in [6.45, 7) is 2.47.